The molecule has 0 atom stereocenters. The van der Waals surface area contributed by atoms with Crippen molar-refractivity contribution in [2.75, 3.05) is 0 Å². The molecule has 0 fully saturated rings. The van der Waals surface area contributed by atoms with Gasteiger partial charge in [0, 0.05) is 17.9 Å². The second-order valence-electron chi connectivity index (χ2n) is 6.94. The number of aliphatic hydroxyl groups is 1. The molecule has 0 saturated carbocycles. The molecule has 0 radical (unpaired) electrons. The highest BCUT2D eigenvalue weighted by Gasteiger charge is 2.10. The topological polar surface area (TPSA) is 20.2 Å². The lowest BCUT2D eigenvalue weighted by Gasteiger charge is -2.12. The number of hydrogen-bond donors (Lipinski definition) is 1. The Bertz CT molecular complexity index is 1020. The van der Waals surface area contributed by atoms with Gasteiger partial charge in [-0.2, -0.15) is 0 Å². The van der Waals surface area contributed by atoms with Crippen molar-refractivity contribution < 1.29 is 5.11 Å². The fourth-order valence-corrected chi connectivity index (χ4v) is 4.35. The molecule has 4 aromatic carbocycles. The monoisotopic (exact) mass is 664 g/mol. The molecule has 0 unspecified atom stereocenters. The molecule has 0 amide bonds. The molecular weight excluding hydrogens is 648 g/mol. The van der Waals surface area contributed by atoms with Crippen molar-refractivity contribution in [2.45, 2.75) is 12.5 Å². The Kier molecular flexibility index (Phi) is 9.54. The number of halogens is 4. The van der Waals surface area contributed by atoms with Crippen molar-refractivity contribution in [1.82, 2.24) is 0 Å². The lowest BCUT2D eigenvalue weighted by Crippen LogP contribution is -1.99. The van der Waals surface area contributed by atoms with Gasteiger partial charge in [-0.05, 0) is 77.2 Å². The van der Waals surface area contributed by atoms with Crippen LogP contribution in [-0.2, 0) is 6.42 Å². The van der Waals surface area contributed by atoms with Crippen molar-refractivity contribution in [1.29, 1.82) is 0 Å². The van der Waals surface area contributed by atoms with Gasteiger partial charge in [0.15, 0.2) is 0 Å². The SMILES string of the molecule is Brc1ccc(Cc2ccc(Br)cc2)cc1.OC(c1cccc(Br)c1)c1cccc(Br)c1. The molecule has 31 heavy (non-hydrogen) atoms. The van der Waals surface area contributed by atoms with Crippen molar-refractivity contribution in [3.8, 4) is 0 Å². The van der Waals surface area contributed by atoms with Crippen LogP contribution in [-0.4, -0.2) is 5.11 Å². The highest BCUT2D eigenvalue weighted by Crippen LogP contribution is 2.26. The Morgan fingerprint density at radius 1 is 0.516 bits per heavy atom. The van der Waals surface area contributed by atoms with Crippen LogP contribution in [0.15, 0.2) is 115 Å². The first-order chi connectivity index (χ1) is 14.9. The molecule has 4 rings (SSSR count). The first kappa shape index (κ1) is 24.4. The summed E-state index contributed by atoms with van der Waals surface area (Å²) in [5.74, 6) is 0. The Morgan fingerprint density at radius 2 is 0.903 bits per heavy atom. The van der Waals surface area contributed by atoms with Crippen LogP contribution in [0.4, 0.5) is 0 Å². The van der Waals surface area contributed by atoms with Gasteiger partial charge in [-0.25, -0.2) is 0 Å². The average molecular weight is 668 g/mol. The van der Waals surface area contributed by atoms with Gasteiger partial charge in [-0.3, -0.25) is 0 Å². The van der Waals surface area contributed by atoms with E-state index in [0.717, 1.165) is 35.4 Å². The standard InChI is InChI=1S/C13H10Br2O.C13H10Br2/c14-11-5-1-3-9(7-11)13(16)10-4-2-6-12(15)8-10;14-12-5-1-10(2-6-12)9-11-3-7-13(15)8-4-11/h1-8,13,16H;1-8H,9H2. The first-order valence-corrected chi connectivity index (χ1v) is 12.8. The van der Waals surface area contributed by atoms with Crippen LogP contribution >= 0.6 is 63.7 Å². The maximum absolute atomic E-state index is 10.2. The van der Waals surface area contributed by atoms with Crippen molar-refractivity contribution >= 4 is 63.7 Å². The van der Waals surface area contributed by atoms with E-state index in [9.17, 15) is 5.11 Å². The normalized spacial score (nSPS) is 10.5. The molecule has 0 spiro atoms. The van der Waals surface area contributed by atoms with Crippen LogP contribution in [0.1, 0.15) is 28.4 Å². The zero-order valence-corrected chi connectivity index (χ0v) is 22.8. The summed E-state index contributed by atoms with van der Waals surface area (Å²) in [7, 11) is 0. The van der Waals surface area contributed by atoms with Crippen molar-refractivity contribution in [3.05, 3.63) is 137 Å². The van der Waals surface area contributed by atoms with Gasteiger partial charge in [-0.1, -0.05) is 112 Å². The highest BCUT2D eigenvalue weighted by molar-refractivity contribution is 9.11. The number of benzene rings is 4. The minimum Gasteiger partial charge on any atom is -0.384 e. The fraction of sp³-hybridized carbons (Fsp3) is 0.0769. The summed E-state index contributed by atoms with van der Waals surface area (Å²) in [6.07, 6.45) is 0.399. The van der Waals surface area contributed by atoms with Crippen LogP contribution in [0.25, 0.3) is 0 Å². The molecule has 0 bridgehead atoms. The Balaban J connectivity index is 0.000000176. The maximum Gasteiger partial charge on any atom is 0.104 e. The van der Waals surface area contributed by atoms with E-state index in [1.807, 2.05) is 48.5 Å². The maximum atomic E-state index is 10.2. The van der Waals surface area contributed by atoms with E-state index in [0.29, 0.717) is 0 Å². The Morgan fingerprint density at radius 3 is 1.26 bits per heavy atom. The van der Waals surface area contributed by atoms with Crippen LogP contribution < -0.4 is 0 Å². The minimum absolute atomic E-state index is 0.588. The molecule has 0 aromatic heterocycles. The molecular formula is C26H20Br4O. The summed E-state index contributed by atoms with van der Waals surface area (Å²) in [6.45, 7) is 0. The van der Waals surface area contributed by atoms with E-state index in [-0.39, 0.29) is 0 Å². The van der Waals surface area contributed by atoms with E-state index in [1.54, 1.807) is 0 Å². The molecule has 0 aliphatic heterocycles. The van der Waals surface area contributed by atoms with Gasteiger partial charge in [0.2, 0.25) is 0 Å². The van der Waals surface area contributed by atoms with Gasteiger partial charge >= 0.3 is 0 Å². The molecule has 1 N–H and O–H groups in total. The molecule has 0 aliphatic rings. The fourth-order valence-electron chi connectivity index (χ4n) is 2.99. The predicted molar refractivity (Wildman–Crippen MR) is 143 cm³/mol. The number of hydrogen-bond acceptors (Lipinski definition) is 1. The number of rotatable bonds is 4. The predicted octanol–water partition coefficient (Wildman–Crippen LogP) is 9.10. The lowest BCUT2D eigenvalue weighted by atomic mass is 10.0. The molecule has 1 nitrogen and oxygen atoms in total. The summed E-state index contributed by atoms with van der Waals surface area (Å²) in [5.41, 5.74) is 4.43. The van der Waals surface area contributed by atoms with Crippen molar-refractivity contribution in [3.63, 3.8) is 0 Å². The van der Waals surface area contributed by atoms with Gasteiger partial charge in [-0.15, -0.1) is 0 Å². The summed E-state index contributed by atoms with van der Waals surface area (Å²) in [4.78, 5) is 0. The largest absolute Gasteiger partial charge is 0.384 e. The molecule has 0 heterocycles. The molecule has 5 heteroatoms. The van der Waals surface area contributed by atoms with Crippen LogP contribution in [0, 0.1) is 0 Å². The summed E-state index contributed by atoms with van der Waals surface area (Å²) in [5, 5.41) is 10.2. The van der Waals surface area contributed by atoms with E-state index in [1.165, 1.54) is 11.1 Å². The molecule has 0 saturated heterocycles. The van der Waals surface area contributed by atoms with Crippen LogP contribution in [0.2, 0.25) is 0 Å². The van der Waals surface area contributed by atoms with E-state index in [4.69, 9.17) is 0 Å². The van der Waals surface area contributed by atoms with E-state index < -0.39 is 6.10 Å². The van der Waals surface area contributed by atoms with Gasteiger partial charge < -0.3 is 5.11 Å². The van der Waals surface area contributed by atoms with E-state index in [2.05, 4.69) is 112 Å². The quantitative estimate of drug-likeness (QED) is 0.230. The Labute approximate surface area is 217 Å². The van der Waals surface area contributed by atoms with Crippen molar-refractivity contribution in [2.24, 2.45) is 0 Å². The highest BCUT2D eigenvalue weighted by atomic mass is 79.9. The van der Waals surface area contributed by atoms with Gasteiger partial charge in [0.05, 0.1) is 0 Å². The summed E-state index contributed by atoms with van der Waals surface area (Å²) >= 11 is 13.7. The molecule has 0 aliphatic carbocycles. The third-order valence-electron chi connectivity index (χ3n) is 4.56. The third kappa shape index (κ3) is 7.99. The third-order valence-corrected chi connectivity index (χ3v) is 6.61. The molecule has 4 aromatic rings. The Hall–Kier alpha value is -1.24. The summed E-state index contributed by atoms with van der Waals surface area (Å²) in [6, 6.07) is 32.3. The smallest absolute Gasteiger partial charge is 0.104 e. The first-order valence-electron chi connectivity index (χ1n) is 9.58. The number of aliphatic hydroxyl groups excluding tert-OH is 1. The lowest BCUT2D eigenvalue weighted by molar-refractivity contribution is 0.220. The van der Waals surface area contributed by atoms with Crippen LogP contribution in [0.5, 0.6) is 0 Å². The zero-order valence-electron chi connectivity index (χ0n) is 16.5. The van der Waals surface area contributed by atoms with E-state index >= 15 is 0 Å². The minimum atomic E-state index is -0.588. The molecule has 158 valence electrons. The summed E-state index contributed by atoms with van der Waals surface area (Å²) < 4.78 is 4.20. The van der Waals surface area contributed by atoms with Gasteiger partial charge in [0.25, 0.3) is 0 Å². The zero-order chi connectivity index (χ0) is 22.2. The second kappa shape index (κ2) is 12.1. The van der Waals surface area contributed by atoms with Gasteiger partial charge in [0.1, 0.15) is 6.10 Å². The average Bonchev–Trinajstić information content (AvgIpc) is 2.77. The second-order valence-corrected chi connectivity index (χ2v) is 10.6. The van der Waals surface area contributed by atoms with Crippen LogP contribution in [0.3, 0.4) is 0 Å².